The van der Waals surface area contributed by atoms with Crippen LogP contribution < -0.4 is 5.32 Å². The van der Waals surface area contributed by atoms with Crippen molar-refractivity contribution in [3.05, 3.63) is 0 Å². The van der Waals surface area contributed by atoms with Gasteiger partial charge < -0.3 is 10.2 Å². The van der Waals surface area contributed by atoms with Crippen LogP contribution in [0.3, 0.4) is 0 Å². The SMILES string of the molecule is O=C(CC1CCCCC1)N1C[C@H]2CCN[C@H]2C1. The molecule has 17 heavy (non-hydrogen) atoms. The molecule has 2 atom stereocenters. The van der Waals surface area contributed by atoms with Crippen molar-refractivity contribution in [2.75, 3.05) is 19.6 Å². The van der Waals surface area contributed by atoms with E-state index in [1.54, 1.807) is 0 Å². The largest absolute Gasteiger partial charge is 0.341 e. The van der Waals surface area contributed by atoms with Crippen LogP contribution in [0.1, 0.15) is 44.9 Å². The van der Waals surface area contributed by atoms with Gasteiger partial charge in [0.2, 0.25) is 5.91 Å². The van der Waals surface area contributed by atoms with Gasteiger partial charge >= 0.3 is 0 Å². The van der Waals surface area contributed by atoms with Gasteiger partial charge in [-0.3, -0.25) is 4.79 Å². The van der Waals surface area contributed by atoms with Crippen LogP contribution in [-0.4, -0.2) is 36.5 Å². The molecule has 1 saturated carbocycles. The highest BCUT2D eigenvalue weighted by atomic mass is 16.2. The number of rotatable bonds is 2. The number of nitrogens with one attached hydrogen (secondary N) is 1. The Hall–Kier alpha value is -0.570. The highest BCUT2D eigenvalue weighted by Gasteiger charge is 2.38. The third-order valence-electron chi connectivity index (χ3n) is 4.90. The zero-order valence-electron chi connectivity index (χ0n) is 10.7. The normalized spacial score (nSPS) is 34.0. The molecule has 3 fully saturated rings. The molecule has 1 aliphatic carbocycles. The number of hydrogen-bond donors (Lipinski definition) is 1. The van der Waals surface area contributed by atoms with E-state index >= 15 is 0 Å². The molecular weight excluding hydrogens is 212 g/mol. The van der Waals surface area contributed by atoms with Gasteiger partial charge in [0.15, 0.2) is 0 Å². The Labute approximate surface area is 104 Å². The van der Waals surface area contributed by atoms with Crippen LogP contribution in [-0.2, 0) is 4.79 Å². The molecule has 0 aromatic carbocycles. The number of hydrogen-bond acceptors (Lipinski definition) is 2. The summed E-state index contributed by atoms with van der Waals surface area (Å²) in [4.78, 5) is 14.4. The maximum atomic E-state index is 12.2. The first-order valence-corrected chi connectivity index (χ1v) is 7.34. The molecule has 0 aromatic rings. The van der Waals surface area contributed by atoms with E-state index in [1.807, 2.05) is 0 Å². The van der Waals surface area contributed by atoms with Crippen LogP contribution in [0.15, 0.2) is 0 Å². The van der Waals surface area contributed by atoms with Gasteiger partial charge in [0.05, 0.1) is 0 Å². The van der Waals surface area contributed by atoms with Crippen molar-refractivity contribution in [3.63, 3.8) is 0 Å². The molecule has 0 spiro atoms. The summed E-state index contributed by atoms with van der Waals surface area (Å²) in [6.45, 7) is 3.14. The smallest absolute Gasteiger partial charge is 0.222 e. The fourth-order valence-corrected chi connectivity index (χ4v) is 3.82. The first kappa shape index (κ1) is 11.5. The average Bonchev–Trinajstić information content (AvgIpc) is 2.90. The summed E-state index contributed by atoms with van der Waals surface area (Å²) < 4.78 is 0. The summed E-state index contributed by atoms with van der Waals surface area (Å²) in [5, 5.41) is 3.51. The summed E-state index contributed by atoms with van der Waals surface area (Å²) in [7, 11) is 0. The maximum absolute atomic E-state index is 12.2. The Kier molecular flexibility index (Phi) is 3.37. The highest BCUT2D eigenvalue weighted by Crippen LogP contribution is 2.29. The first-order chi connectivity index (χ1) is 8.33. The zero-order valence-corrected chi connectivity index (χ0v) is 10.7. The Bertz CT molecular complexity index is 274. The lowest BCUT2D eigenvalue weighted by molar-refractivity contribution is -0.131. The third-order valence-corrected chi connectivity index (χ3v) is 4.90. The van der Waals surface area contributed by atoms with Gasteiger partial charge in [-0.05, 0) is 37.6 Å². The van der Waals surface area contributed by atoms with Gasteiger partial charge in [0.25, 0.3) is 0 Å². The molecule has 0 radical (unpaired) electrons. The van der Waals surface area contributed by atoms with E-state index in [-0.39, 0.29) is 0 Å². The van der Waals surface area contributed by atoms with Crippen LogP contribution in [0.5, 0.6) is 0 Å². The summed E-state index contributed by atoms with van der Waals surface area (Å²) in [5.74, 6) is 1.85. The second-order valence-corrected chi connectivity index (χ2v) is 6.12. The molecule has 2 aliphatic heterocycles. The Balaban J connectivity index is 1.49. The van der Waals surface area contributed by atoms with Crippen LogP contribution in [0.2, 0.25) is 0 Å². The molecule has 96 valence electrons. The molecule has 3 nitrogen and oxygen atoms in total. The molecule has 2 heterocycles. The van der Waals surface area contributed by atoms with E-state index in [2.05, 4.69) is 10.2 Å². The highest BCUT2D eigenvalue weighted by molar-refractivity contribution is 5.77. The summed E-state index contributed by atoms with van der Waals surface area (Å²) in [6, 6.07) is 0.602. The lowest BCUT2D eigenvalue weighted by Crippen LogP contribution is -2.35. The molecule has 0 unspecified atom stereocenters. The predicted octanol–water partition coefficient (Wildman–Crippen LogP) is 1.78. The van der Waals surface area contributed by atoms with Crippen molar-refractivity contribution in [1.29, 1.82) is 0 Å². The van der Waals surface area contributed by atoms with E-state index in [1.165, 1.54) is 38.5 Å². The zero-order chi connectivity index (χ0) is 11.7. The van der Waals surface area contributed by atoms with Crippen molar-refractivity contribution in [1.82, 2.24) is 10.2 Å². The number of amides is 1. The van der Waals surface area contributed by atoms with Crippen LogP contribution in [0.25, 0.3) is 0 Å². The van der Waals surface area contributed by atoms with E-state index < -0.39 is 0 Å². The topological polar surface area (TPSA) is 32.3 Å². The van der Waals surface area contributed by atoms with Gasteiger partial charge in [-0.1, -0.05) is 19.3 Å². The molecule has 3 rings (SSSR count). The molecule has 2 saturated heterocycles. The minimum Gasteiger partial charge on any atom is -0.341 e. The molecule has 0 bridgehead atoms. The van der Waals surface area contributed by atoms with E-state index in [0.717, 1.165) is 32.0 Å². The van der Waals surface area contributed by atoms with Crippen molar-refractivity contribution < 1.29 is 4.79 Å². The summed E-state index contributed by atoms with van der Waals surface area (Å²) in [6.07, 6.45) is 8.70. The van der Waals surface area contributed by atoms with E-state index in [0.29, 0.717) is 17.9 Å². The van der Waals surface area contributed by atoms with Crippen molar-refractivity contribution in [3.8, 4) is 0 Å². The average molecular weight is 236 g/mol. The van der Waals surface area contributed by atoms with Crippen LogP contribution >= 0.6 is 0 Å². The van der Waals surface area contributed by atoms with Crippen molar-refractivity contribution in [2.24, 2.45) is 11.8 Å². The minimum absolute atomic E-state index is 0.424. The summed E-state index contributed by atoms with van der Waals surface area (Å²) >= 11 is 0. The van der Waals surface area contributed by atoms with Gasteiger partial charge in [-0.25, -0.2) is 0 Å². The molecular formula is C14H24N2O. The minimum atomic E-state index is 0.424. The number of nitrogens with zero attached hydrogens (tertiary/aromatic N) is 1. The summed E-state index contributed by atoms with van der Waals surface area (Å²) in [5.41, 5.74) is 0. The lowest BCUT2D eigenvalue weighted by atomic mass is 9.87. The molecule has 3 aliphatic rings. The van der Waals surface area contributed by atoms with Crippen LogP contribution in [0.4, 0.5) is 0 Å². The van der Waals surface area contributed by atoms with Crippen molar-refractivity contribution >= 4 is 5.91 Å². The Morgan fingerprint density at radius 2 is 1.94 bits per heavy atom. The maximum Gasteiger partial charge on any atom is 0.222 e. The fourth-order valence-electron chi connectivity index (χ4n) is 3.82. The third kappa shape index (κ3) is 2.49. The predicted molar refractivity (Wildman–Crippen MR) is 67.7 cm³/mol. The Morgan fingerprint density at radius 1 is 1.12 bits per heavy atom. The lowest BCUT2D eigenvalue weighted by Gasteiger charge is -2.24. The van der Waals surface area contributed by atoms with Gasteiger partial charge in [-0.15, -0.1) is 0 Å². The van der Waals surface area contributed by atoms with Gasteiger partial charge in [0, 0.05) is 25.6 Å². The number of likely N-dealkylation sites (tertiary alicyclic amines) is 1. The van der Waals surface area contributed by atoms with E-state index in [9.17, 15) is 4.79 Å². The first-order valence-electron chi connectivity index (χ1n) is 7.34. The van der Waals surface area contributed by atoms with E-state index in [4.69, 9.17) is 0 Å². The molecule has 1 N–H and O–H groups in total. The number of carbonyl (C=O) groups excluding carboxylic acids is 1. The Morgan fingerprint density at radius 3 is 2.71 bits per heavy atom. The monoisotopic (exact) mass is 236 g/mol. The number of fused-ring (bicyclic) bond motifs is 1. The standard InChI is InChI=1S/C14H24N2O/c17-14(8-11-4-2-1-3-5-11)16-9-12-6-7-15-13(12)10-16/h11-13,15H,1-10H2/t12-,13+/m1/s1. The van der Waals surface area contributed by atoms with Crippen LogP contribution in [0, 0.1) is 11.8 Å². The second-order valence-electron chi connectivity index (χ2n) is 6.12. The number of carbonyl (C=O) groups is 1. The van der Waals surface area contributed by atoms with Crippen molar-refractivity contribution in [2.45, 2.75) is 51.0 Å². The fraction of sp³-hybridized carbons (Fsp3) is 0.929. The molecule has 1 amide bonds. The quantitative estimate of drug-likeness (QED) is 0.792. The molecule has 3 heteroatoms. The molecule has 0 aromatic heterocycles. The van der Waals surface area contributed by atoms with Gasteiger partial charge in [0.1, 0.15) is 0 Å². The second kappa shape index (κ2) is 4.97. The van der Waals surface area contributed by atoms with Gasteiger partial charge in [-0.2, -0.15) is 0 Å².